The van der Waals surface area contributed by atoms with Gasteiger partial charge in [-0.25, -0.2) is 0 Å². The lowest BCUT2D eigenvalue weighted by atomic mass is 10.2. The summed E-state index contributed by atoms with van der Waals surface area (Å²) in [7, 11) is 0. The van der Waals surface area contributed by atoms with Gasteiger partial charge in [-0.05, 0) is 32.0 Å². The Labute approximate surface area is 95.7 Å². The number of carbonyl (C=O) groups excluding carboxylic acids is 1. The number of carbonyl (C=O) groups is 1. The molecular weight excluding hydrogens is 204 g/mol. The Morgan fingerprint density at radius 2 is 2.06 bits per heavy atom. The van der Waals surface area contributed by atoms with E-state index in [1.165, 1.54) is 0 Å². The van der Waals surface area contributed by atoms with Gasteiger partial charge in [-0.1, -0.05) is 12.2 Å². The van der Waals surface area contributed by atoms with Crippen molar-refractivity contribution >= 4 is 6.29 Å². The maximum absolute atomic E-state index is 10.6. The molecule has 0 radical (unpaired) electrons. The highest BCUT2D eigenvalue weighted by Gasteiger charge is 2.05. The quantitative estimate of drug-likeness (QED) is 0.546. The van der Waals surface area contributed by atoms with Crippen molar-refractivity contribution < 1.29 is 14.3 Å². The normalized spacial score (nSPS) is 10.4. The van der Waals surface area contributed by atoms with E-state index in [0.29, 0.717) is 30.3 Å². The molecule has 0 aliphatic rings. The number of benzene rings is 1. The van der Waals surface area contributed by atoms with Crippen molar-refractivity contribution in [3.05, 3.63) is 35.9 Å². The molecule has 0 unspecified atom stereocenters. The smallest absolute Gasteiger partial charge is 0.161 e. The number of ether oxygens (including phenoxy) is 2. The maximum atomic E-state index is 10.6. The molecule has 1 aromatic rings. The first-order valence-corrected chi connectivity index (χ1v) is 5.27. The van der Waals surface area contributed by atoms with E-state index >= 15 is 0 Å². The molecule has 86 valence electrons. The molecule has 16 heavy (non-hydrogen) atoms. The third-order valence-corrected chi connectivity index (χ3v) is 1.97. The third-order valence-electron chi connectivity index (χ3n) is 1.97. The first kappa shape index (κ1) is 12.3. The van der Waals surface area contributed by atoms with Crippen LogP contribution in [0.2, 0.25) is 0 Å². The highest BCUT2D eigenvalue weighted by Crippen LogP contribution is 2.27. The molecule has 0 spiro atoms. The van der Waals surface area contributed by atoms with Gasteiger partial charge in [-0.15, -0.1) is 0 Å². The van der Waals surface area contributed by atoms with Crippen LogP contribution in [0, 0.1) is 0 Å². The minimum absolute atomic E-state index is 0.497. The number of rotatable bonds is 6. The lowest BCUT2D eigenvalue weighted by molar-refractivity contribution is 0.112. The lowest BCUT2D eigenvalue weighted by Crippen LogP contribution is -1.99. The van der Waals surface area contributed by atoms with Crippen molar-refractivity contribution in [3.63, 3.8) is 0 Å². The van der Waals surface area contributed by atoms with Gasteiger partial charge in [-0.3, -0.25) is 4.79 Å². The van der Waals surface area contributed by atoms with Crippen molar-refractivity contribution in [2.24, 2.45) is 0 Å². The van der Waals surface area contributed by atoms with Gasteiger partial charge in [0.05, 0.1) is 6.61 Å². The Hall–Kier alpha value is -1.77. The highest BCUT2D eigenvalue weighted by atomic mass is 16.5. The van der Waals surface area contributed by atoms with Gasteiger partial charge in [0, 0.05) is 5.56 Å². The van der Waals surface area contributed by atoms with Gasteiger partial charge in [0.15, 0.2) is 11.5 Å². The predicted octanol–water partition coefficient (Wildman–Crippen LogP) is 2.85. The number of hydrogen-bond donors (Lipinski definition) is 0. The van der Waals surface area contributed by atoms with Crippen LogP contribution < -0.4 is 9.47 Å². The molecule has 1 aromatic carbocycles. The van der Waals surface area contributed by atoms with Gasteiger partial charge < -0.3 is 9.47 Å². The van der Waals surface area contributed by atoms with Crippen LogP contribution >= 0.6 is 0 Å². The molecule has 0 saturated carbocycles. The lowest BCUT2D eigenvalue weighted by Gasteiger charge is -2.10. The molecule has 0 bridgehead atoms. The Kier molecular flexibility index (Phi) is 5.12. The summed E-state index contributed by atoms with van der Waals surface area (Å²) >= 11 is 0. The molecule has 1 rings (SSSR count). The fourth-order valence-corrected chi connectivity index (χ4v) is 1.22. The average Bonchev–Trinajstić information content (AvgIpc) is 2.31. The third kappa shape index (κ3) is 3.42. The molecule has 0 saturated heterocycles. The summed E-state index contributed by atoms with van der Waals surface area (Å²) in [6.07, 6.45) is 4.61. The summed E-state index contributed by atoms with van der Waals surface area (Å²) in [4.78, 5) is 10.6. The van der Waals surface area contributed by atoms with E-state index in [2.05, 4.69) is 0 Å². The SMILES string of the molecule is C/C=C/COc1ccc(C=O)cc1OCC. The summed E-state index contributed by atoms with van der Waals surface area (Å²) in [5, 5.41) is 0. The highest BCUT2D eigenvalue weighted by molar-refractivity contribution is 5.76. The summed E-state index contributed by atoms with van der Waals surface area (Å²) in [5.74, 6) is 1.27. The van der Waals surface area contributed by atoms with Crippen molar-refractivity contribution in [2.75, 3.05) is 13.2 Å². The van der Waals surface area contributed by atoms with Crippen LogP contribution in [0.25, 0.3) is 0 Å². The van der Waals surface area contributed by atoms with Gasteiger partial charge >= 0.3 is 0 Å². The molecular formula is C13H16O3. The minimum atomic E-state index is 0.497. The van der Waals surface area contributed by atoms with Crippen LogP contribution in [0.15, 0.2) is 30.4 Å². The van der Waals surface area contributed by atoms with Gasteiger partial charge in [0.25, 0.3) is 0 Å². The average molecular weight is 220 g/mol. The molecule has 0 aliphatic heterocycles. The number of hydrogen-bond acceptors (Lipinski definition) is 3. The van der Waals surface area contributed by atoms with Gasteiger partial charge in [0.1, 0.15) is 12.9 Å². The zero-order valence-electron chi connectivity index (χ0n) is 9.60. The zero-order chi connectivity index (χ0) is 11.8. The van der Waals surface area contributed by atoms with Crippen molar-refractivity contribution in [1.82, 2.24) is 0 Å². The largest absolute Gasteiger partial charge is 0.490 e. The Morgan fingerprint density at radius 1 is 1.25 bits per heavy atom. The zero-order valence-corrected chi connectivity index (χ0v) is 9.60. The standard InChI is InChI=1S/C13H16O3/c1-3-5-8-16-12-7-6-11(10-14)9-13(12)15-4-2/h3,5-7,9-10H,4,8H2,1-2H3/b5-3+. The maximum Gasteiger partial charge on any atom is 0.161 e. The van der Waals surface area contributed by atoms with E-state index in [9.17, 15) is 4.79 Å². The number of allylic oxidation sites excluding steroid dienone is 1. The van der Waals surface area contributed by atoms with Crippen LogP contribution in [0.3, 0.4) is 0 Å². The monoisotopic (exact) mass is 220 g/mol. The van der Waals surface area contributed by atoms with E-state index < -0.39 is 0 Å². The Morgan fingerprint density at radius 3 is 2.69 bits per heavy atom. The van der Waals surface area contributed by atoms with E-state index in [0.717, 1.165) is 6.29 Å². The van der Waals surface area contributed by atoms with Crippen LogP contribution in [0.4, 0.5) is 0 Å². The summed E-state index contributed by atoms with van der Waals surface area (Å²) in [5.41, 5.74) is 0.585. The van der Waals surface area contributed by atoms with Crippen LogP contribution in [-0.2, 0) is 0 Å². The molecule has 0 fully saturated rings. The molecule has 0 aromatic heterocycles. The fourth-order valence-electron chi connectivity index (χ4n) is 1.22. The summed E-state index contributed by atoms with van der Waals surface area (Å²) in [6, 6.07) is 5.14. The molecule has 0 N–H and O–H groups in total. The topological polar surface area (TPSA) is 35.5 Å². The molecule has 0 aliphatic carbocycles. The first-order valence-electron chi connectivity index (χ1n) is 5.27. The molecule has 3 heteroatoms. The molecule has 0 heterocycles. The first-order chi connectivity index (χ1) is 7.81. The second kappa shape index (κ2) is 6.67. The summed E-state index contributed by atoms with van der Waals surface area (Å²) in [6.45, 7) is 4.87. The molecule has 0 atom stereocenters. The van der Waals surface area contributed by atoms with Crippen molar-refractivity contribution in [1.29, 1.82) is 0 Å². The van der Waals surface area contributed by atoms with E-state index in [4.69, 9.17) is 9.47 Å². The second-order valence-corrected chi connectivity index (χ2v) is 3.14. The van der Waals surface area contributed by atoms with Crippen LogP contribution in [-0.4, -0.2) is 19.5 Å². The van der Waals surface area contributed by atoms with E-state index in [-0.39, 0.29) is 0 Å². The minimum Gasteiger partial charge on any atom is -0.490 e. The Bertz CT molecular complexity index is 369. The Balaban J connectivity index is 2.84. The van der Waals surface area contributed by atoms with Gasteiger partial charge in [-0.2, -0.15) is 0 Å². The van der Waals surface area contributed by atoms with Crippen LogP contribution in [0.5, 0.6) is 11.5 Å². The number of aldehydes is 1. The van der Waals surface area contributed by atoms with Crippen LogP contribution in [0.1, 0.15) is 24.2 Å². The van der Waals surface area contributed by atoms with Crippen molar-refractivity contribution in [2.45, 2.75) is 13.8 Å². The predicted molar refractivity (Wildman–Crippen MR) is 63.3 cm³/mol. The van der Waals surface area contributed by atoms with Crippen molar-refractivity contribution in [3.8, 4) is 11.5 Å². The van der Waals surface area contributed by atoms with E-state index in [1.54, 1.807) is 18.2 Å². The molecule has 3 nitrogen and oxygen atoms in total. The van der Waals surface area contributed by atoms with E-state index in [1.807, 2.05) is 26.0 Å². The van der Waals surface area contributed by atoms with Gasteiger partial charge in [0.2, 0.25) is 0 Å². The fraction of sp³-hybridized carbons (Fsp3) is 0.308. The second-order valence-electron chi connectivity index (χ2n) is 3.14. The summed E-state index contributed by atoms with van der Waals surface area (Å²) < 4.78 is 10.9. The molecule has 0 amide bonds.